The second-order valence-corrected chi connectivity index (χ2v) is 3.71. The van der Waals surface area contributed by atoms with E-state index in [4.69, 9.17) is 17.3 Å². The number of nitrogens with two attached hydrogens (primary N) is 1. The van der Waals surface area contributed by atoms with Gasteiger partial charge < -0.3 is 5.73 Å². The minimum Gasteiger partial charge on any atom is -0.398 e. The maximum Gasteiger partial charge on any atom is 0.116 e. The predicted octanol–water partition coefficient (Wildman–Crippen LogP) is 2.69. The first kappa shape index (κ1) is 9.93. The van der Waals surface area contributed by atoms with Crippen molar-refractivity contribution in [2.24, 2.45) is 0 Å². The van der Waals surface area contributed by atoms with Crippen LogP contribution >= 0.6 is 11.6 Å². The lowest BCUT2D eigenvalue weighted by molar-refractivity contribution is 1.11. The minimum atomic E-state index is 0.649. The van der Waals surface area contributed by atoms with Crippen LogP contribution in [0.15, 0.2) is 30.6 Å². The van der Waals surface area contributed by atoms with Gasteiger partial charge in [0.25, 0.3) is 0 Å². The smallest absolute Gasteiger partial charge is 0.116 e. The third-order valence-electron chi connectivity index (χ3n) is 2.10. The highest BCUT2D eigenvalue weighted by Gasteiger charge is 2.05. The first-order chi connectivity index (χ1) is 7.16. The number of hydrogen-bond donors (Lipinski definition) is 1. The molecule has 4 heteroatoms. The van der Waals surface area contributed by atoms with Gasteiger partial charge in [0, 0.05) is 22.0 Å². The number of rotatable bonds is 1. The monoisotopic (exact) mass is 219 g/mol. The molecular weight excluding hydrogens is 210 g/mol. The van der Waals surface area contributed by atoms with E-state index >= 15 is 0 Å². The van der Waals surface area contributed by atoms with Crippen LogP contribution in [0.4, 0.5) is 5.69 Å². The van der Waals surface area contributed by atoms with Gasteiger partial charge in [0.05, 0.1) is 5.69 Å². The Morgan fingerprint density at radius 3 is 2.73 bits per heavy atom. The van der Waals surface area contributed by atoms with Gasteiger partial charge in [-0.3, -0.25) is 0 Å². The van der Waals surface area contributed by atoms with Crippen molar-refractivity contribution in [3.05, 3.63) is 41.3 Å². The zero-order valence-corrected chi connectivity index (χ0v) is 8.99. The Bertz CT molecular complexity index is 497. The van der Waals surface area contributed by atoms with E-state index in [1.54, 1.807) is 18.2 Å². The number of halogens is 1. The zero-order chi connectivity index (χ0) is 10.8. The molecule has 1 heterocycles. The van der Waals surface area contributed by atoms with Crippen LogP contribution in [0.3, 0.4) is 0 Å². The SMILES string of the molecule is Cc1cc(-c2cc(Cl)ccc2N)ncn1. The molecule has 1 aromatic carbocycles. The second kappa shape index (κ2) is 3.87. The Balaban J connectivity index is 2.58. The van der Waals surface area contributed by atoms with E-state index in [1.807, 2.05) is 13.0 Å². The number of aryl methyl sites for hydroxylation is 1. The van der Waals surface area contributed by atoms with Crippen molar-refractivity contribution in [1.29, 1.82) is 0 Å². The number of benzene rings is 1. The third kappa shape index (κ3) is 2.07. The maximum atomic E-state index is 5.91. The van der Waals surface area contributed by atoms with Crippen molar-refractivity contribution in [2.45, 2.75) is 6.92 Å². The molecule has 0 bridgehead atoms. The molecule has 0 unspecified atom stereocenters. The quantitative estimate of drug-likeness (QED) is 0.751. The number of nitrogens with zero attached hydrogens (tertiary/aromatic N) is 2. The fraction of sp³-hybridized carbons (Fsp3) is 0.0909. The Labute approximate surface area is 92.9 Å². The summed E-state index contributed by atoms with van der Waals surface area (Å²) in [6, 6.07) is 7.21. The summed E-state index contributed by atoms with van der Waals surface area (Å²) in [4.78, 5) is 8.19. The van der Waals surface area contributed by atoms with Crippen LogP contribution in [0.1, 0.15) is 5.69 Å². The van der Waals surface area contributed by atoms with Gasteiger partial charge >= 0.3 is 0 Å². The lowest BCUT2D eigenvalue weighted by atomic mass is 10.1. The van der Waals surface area contributed by atoms with Gasteiger partial charge in [-0.25, -0.2) is 9.97 Å². The number of aromatic nitrogens is 2. The predicted molar refractivity (Wildman–Crippen MR) is 61.6 cm³/mol. The van der Waals surface area contributed by atoms with E-state index < -0.39 is 0 Å². The standard InChI is InChI=1S/C11H10ClN3/c1-7-4-11(15-6-14-7)9-5-8(12)2-3-10(9)13/h2-6H,13H2,1H3. The highest BCUT2D eigenvalue weighted by Crippen LogP contribution is 2.27. The van der Waals surface area contributed by atoms with Crippen molar-refractivity contribution < 1.29 is 0 Å². The highest BCUT2D eigenvalue weighted by atomic mass is 35.5. The van der Waals surface area contributed by atoms with Gasteiger partial charge in [0.15, 0.2) is 0 Å². The molecule has 2 rings (SSSR count). The van der Waals surface area contributed by atoms with Crippen LogP contribution in [-0.4, -0.2) is 9.97 Å². The average molecular weight is 220 g/mol. The Morgan fingerprint density at radius 2 is 2.00 bits per heavy atom. The zero-order valence-electron chi connectivity index (χ0n) is 8.24. The Kier molecular flexibility index (Phi) is 2.56. The molecule has 0 spiro atoms. The minimum absolute atomic E-state index is 0.649. The number of nitrogen functional groups attached to an aromatic ring is 1. The van der Waals surface area contributed by atoms with Crippen molar-refractivity contribution in [3.8, 4) is 11.3 Å². The molecule has 2 N–H and O–H groups in total. The van der Waals surface area contributed by atoms with E-state index in [2.05, 4.69) is 9.97 Å². The van der Waals surface area contributed by atoms with Gasteiger partial charge in [0.1, 0.15) is 6.33 Å². The van der Waals surface area contributed by atoms with Gasteiger partial charge in [-0.15, -0.1) is 0 Å². The molecule has 0 atom stereocenters. The van der Waals surface area contributed by atoms with E-state index in [1.165, 1.54) is 6.33 Å². The lowest BCUT2D eigenvalue weighted by Gasteiger charge is -2.05. The molecule has 0 radical (unpaired) electrons. The van der Waals surface area contributed by atoms with Crippen LogP contribution < -0.4 is 5.73 Å². The normalized spacial score (nSPS) is 10.3. The summed E-state index contributed by atoms with van der Waals surface area (Å²) in [6.07, 6.45) is 1.52. The third-order valence-corrected chi connectivity index (χ3v) is 2.33. The molecule has 0 amide bonds. The number of hydrogen-bond acceptors (Lipinski definition) is 3. The topological polar surface area (TPSA) is 51.8 Å². The van der Waals surface area contributed by atoms with Crippen LogP contribution in [0, 0.1) is 6.92 Å². The van der Waals surface area contributed by atoms with Gasteiger partial charge in [0.2, 0.25) is 0 Å². The van der Waals surface area contributed by atoms with Crippen LogP contribution in [0.2, 0.25) is 5.02 Å². The van der Waals surface area contributed by atoms with E-state index in [-0.39, 0.29) is 0 Å². The van der Waals surface area contributed by atoms with Gasteiger partial charge in [-0.1, -0.05) is 11.6 Å². The Hall–Kier alpha value is -1.61. The first-order valence-electron chi connectivity index (χ1n) is 4.51. The molecule has 0 saturated carbocycles. The summed E-state index contributed by atoms with van der Waals surface area (Å²) in [5, 5.41) is 0.649. The molecule has 1 aromatic heterocycles. The average Bonchev–Trinajstić information content (AvgIpc) is 2.22. The van der Waals surface area contributed by atoms with Crippen molar-refractivity contribution in [2.75, 3.05) is 5.73 Å². The van der Waals surface area contributed by atoms with Crippen LogP contribution in [-0.2, 0) is 0 Å². The maximum absolute atomic E-state index is 5.91. The molecule has 0 saturated heterocycles. The van der Waals surface area contributed by atoms with Crippen molar-refractivity contribution >= 4 is 17.3 Å². The van der Waals surface area contributed by atoms with Gasteiger partial charge in [-0.2, -0.15) is 0 Å². The highest BCUT2D eigenvalue weighted by molar-refractivity contribution is 6.31. The first-order valence-corrected chi connectivity index (χ1v) is 4.88. The summed E-state index contributed by atoms with van der Waals surface area (Å²) >= 11 is 5.91. The van der Waals surface area contributed by atoms with Gasteiger partial charge in [-0.05, 0) is 31.2 Å². The summed E-state index contributed by atoms with van der Waals surface area (Å²) < 4.78 is 0. The second-order valence-electron chi connectivity index (χ2n) is 3.28. The molecule has 0 aliphatic heterocycles. The molecular formula is C11H10ClN3. The molecule has 0 fully saturated rings. The van der Waals surface area contributed by atoms with E-state index in [0.717, 1.165) is 17.0 Å². The molecule has 0 aliphatic carbocycles. The van der Waals surface area contributed by atoms with E-state index in [9.17, 15) is 0 Å². The molecule has 3 nitrogen and oxygen atoms in total. The fourth-order valence-corrected chi connectivity index (χ4v) is 1.52. The molecule has 76 valence electrons. The molecule has 15 heavy (non-hydrogen) atoms. The number of anilines is 1. The van der Waals surface area contributed by atoms with Crippen LogP contribution in [0.5, 0.6) is 0 Å². The molecule has 2 aromatic rings. The Morgan fingerprint density at radius 1 is 1.20 bits per heavy atom. The summed E-state index contributed by atoms with van der Waals surface area (Å²) in [6.45, 7) is 1.91. The van der Waals surface area contributed by atoms with Crippen LogP contribution in [0.25, 0.3) is 11.3 Å². The fourth-order valence-electron chi connectivity index (χ4n) is 1.35. The largest absolute Gasteiger partial charge is 0.398 e. The summed E-state index contributed by atoms with van der Waals surface area (Å²) in [7, 11) is 0. The summed E-state index contributed by atoms with van der Waals surface area (Å²) in [5.41, 5.74) is 9.05. The van der Waals surface area contributed by atoms with Crippen molar-refractivity contribution in [1.82, 2.24) is 9.97 Å². The van der Waals surface area contributed by atoms with Crippen molar-refractivity contribution in [3.63, 3.8) is 0 Å². The van der Waals surface area contributed by atoms with E-state index in [0.29, 0.717) is 10.7 Å². The molecule has 0 aliphatic rings. The summed E-state index contributed by atoms with van der Waals surface area (Å²) in [5.74, 6) is 0. The lowest BCUT2D eigenvalue weighted by Crippen LogP contribution is -1.93.